The Bertz CT molecular complexity index is 363. The topological polar surface area (TPSA) is 3.24 Å². The maximum Gasteiger partial charge on any atom is 0.0642 e. The van der Waals surface area contributed by atoms with Crippen LogP contribution in [0.4, 0.5) is 5.69 Å². The zero-order valence-corrected chi connectivity index (χ0v) is 12.5. The van der Waals surface area contributed by atoms with Crippen LogP contribution in [-0.4, -0.2) is 13.1 Å². The minimum absolute atomic E-state index is 0.455. The maximum atomic E-state index is 6.28. The number of hydrogen-bond donors (Lipinski definition) is 0. The van der Waals surface area contributed by atoms with E-state index in [4.69, 9.17) is 23.2 Å². The van der Waals surface area contributed by atoms with Gasteiger partial charge in [0, 0.05) is 19.0 Å². The second-order valence-corrected chi connectivity index (χ2v) is 5.65. The number of para-hydroxylation sites is 1. The van der Waals surface area contributed by atoms with Crippen LogP contribution < -0.4 is 4.90 Å². The van der Waals surface area contributed by atoms with E-state index >= 15 is 0 Å². The molecule has 0 fully saturated rings. The van der Waals surface area contributed by atoms with Crippen molar-refractivity contribution in [1.82, 2.24) is 0 Å². The van der Waals surface area contributed by atoms with Crippen LogP contribution in [0.25, 0.3) is 0 Å². The van der Waals surface area contributed by atoms with E-state index in [1.54, 1.807) is 0 Å². The Morgan fingerprint density at radius 2 is 1.88 bits per heavy atom. The van der Waals surface area contributed by atoms with Crippen LogP contribution in [0.5, 0.6) is 0 Å². The number of halogens is 2. The number of hydrogen-bond acceptors (Lipinski definition) is 1. The summed E-state index contributed by atoms with van der Waals surface area (Å²) in [5.74, 6) is 1.17. The lowest BCUT2D eigenvalue weighted by Gasteiger charge is -2.30. The van der Waals surface area contributed by atoms with Gasteiger partial charge in [0.05, 0.1) is 10.7 Å². The van der Waals surface area contributed by atoms with E-state index in [0.717, 1.165) is 22.7 Å². The van der Waals surface area contributed by atoms with Gasteiger partial charge < -0.3 is 4.90 Å². The number of rotatable bonds is 5. The maximum absolute atomic E-state index is 6.28. The van der Waals surface area contributed by atoms with Gasteiger partial charge in [-0.3, -0.25) is 0 Å². The number of anilines is 1. The smallest absolute Gasteiger partial charge is 0.0642 e. The third kappa shape index (κ3) is 3.79. The molecule has 0 heterocycles. The predicted octanol–water partition coefficient (Wildman–Crippen LogP) is 4.95. The van der Waals surface area contributed by atoms with E-state index in [9.17, 15) is 0 Å². The molecule has 1 aromatic carbocycles. The molecule has 1 unspecified atom stereocenters. The standard InChI is InChI=1S/C14H21Cl2N/c1-10(2)8-11(3)17(4)14-12(9-15)6-5-7-13(14)16/h5-7,10-11H,8-9H2,1-4H3. The summed E-state index contributed by atoms with van der Waals surface area (Å²) >= 11 is 12.3. The van der Waals surface area contributed by atoms with E-state index in [0.29, 0.717) is 17.8 Å². The second-order valence-electron chi connectivity index (χ2n) is 4.97. The molecule has 0 amide bonds. The van der Waals surface area contributed by atoms with Crippen LogP contribution in [0.2, 0.25) is 5.02 Å². The van der Waals surface area contributed by atoms with Gasteiger partial charge in [0.2, 0.25) is 0 Å². The molecule has 0 aliphatic heterocycles. The Balaban J connectivity index is 2.98. The fourth-order valence-electron chi connectivity index (χ4n) is 2.12. The van der Waals surface area contributed by atoms with Gasteiger partial charge in [-0.05, 0) is 30.9 Å². The highest BCUT2D eigenvalue weighted by molar-refractivity contribution is 6.33. The number of alkyl halides is 1. The zero-order valence-electron chi connectivity index (χ0n) is 11.0. The molecule has 1 aromatic rings. The molecule has 0 saturated heterocycles. The lowest BCUT2D eigenvalue weighted by Crippen LogP contribution is -2.31. The highest BCUT2D eigenvalue weighted by Gasteiger charge is 2.17. The van der Waals surface area contributed by atoms with Gasteiger partial charge >= 0.3 is 0 Å². The van der Waals surface area contributed by atoms with Crippen molar-refractivity contribution in [3.8, 4) is 0 Å². The van der Waals surface area contributed by atoms with E-state index < -0.39 is 0 Å². The molecule has 3 heteroatoms. The second kappa shape index (κ2) is 6.51. The van der Waals surface area contributed by atoms with Gasteiger partial charge in [0.15, 0.2) is 0 Å². The van der Waals surface area contributed by atoms with E-state index in [1.807, 2.05) is 18.2 Å². The third-order valence-corrected chi connectivity index (χ3v) is 3.63. The molecule has 0 radical (unpaired) electrons. The van der Waals surface area contributed by atoms with Crippen LogP contribution in [-0.2, 0) is 5.88 Å². The van der Waals surface area contributed by atoms with Crippen LogP contribution >= 0.6 is 23.2 Å². The molecule has 0 N–H and O–H groups in total. The Morgan fingerprint density at radius 1 is 1.24 bits per heavy atom. The van der Waals surface area contributed by atoms with E-state index in [1.165, 1.54) is 0 Å². The summed E-state index contributed by atoms with van der Waals surface area (Å²) in [5, 5.41) is 0.779. The van der Waals surface area contributed by atoms with Crippen molar-refractivity contribution < 1.29 is 0 Å². The SMILES string of the molecule is CC(C)CC(C)N(C)c1c(Cl)cccc1CCl. The fraction of sp³-hybridized carbons (Fsp3) is 0.571. The largest absolute Gasteiger partial charge is 0.370 e. The Kier molecular flexibility index (Phi) is 5.61. The fourth-order valence-corrected chi connectivity index (χ4v) is 2.67. The number of benzene rings is 1. The first-order valence-corrected chi connectivity index (χ1v) is 6.94. The molecule has 1 atom stereocenters. The Morgan fingerprint density at radius 3 is 2.41 bits per heavy atom. The van der Waals surface area contributed by atoms with Crippen LogP contribution in [0, 0.1) is 5.92 Å². The van der Waals surface area contributed by atoms with Crippen LogP contribution in [0.15, 0.2) is 18.2 Å². The van der Waals surface area contributed by atoms with Crippen molar-refractivity contribution in [1.29, 1.82) is 0 Å². The quantitative estimate of drug-likeness (QED) is 0.687. The average Bonchev–Trinajstić information content (AvgIpc) is 2.26. The Hall–Kier alpha value is -0.400. The summed E-state index contributed by atoms with van der Waals surface area (Å²) < 4.78 is 0. The minimum Gasteiger partial charge on any atom is -0.370 e. The zero-order chi connectivity index (χ0) is 13.0. The van der Waals surface area contributed by atoms with Crippen molar-refractivity contribution in [2.45, 2.75) is 39.1 Å². The first kappa shape index (κ1) is 14.7. The first-order valence-electron chi connectivity index (χ1n) is 6.03. The Labute approximate surface area is 115 Å². The summed E-state index contributed by atoms with van der Waals surface area (Å²) in [6.07, 6.45) is 1.14. The van der Waals surface area contributed by atoms with Gasteiger partial charge in [-0.2, -0.15) is 0 Å². The monoisotopic (exact) mass is 273 g/mol. The van der Waals surface area contributed by atoms with Crippen molar-refractivity contribution >= 4 is 28.9 Å². The molecule has 0 aliphatic rings. The van der Waals surface area contributed by atoms with E-state index in [-0.39, 0.29) is 0 Å². The molecule has 0 aromatic heterocycles. The normalized spacial score (nSPS) is 12.9. The van der Waals surface area contributed by atoms with Crippen LogP contribution in [0.1, 0.15) is 32.8 Å². The molecular weight excluding hydrogens is 253 g/mol. The lowest BCUT2D eigenvalue weighted by atomic mass is 10.0. The van der Waals surface area contributed by atoms with Gasteiger partial charge in [-0.1, -0.05) is 37.6 Å². The first-order chi connectivity index (χ1) is 7.97. The molecule has 1 nitrogen and oxygen atoms in total. The predicted molar refractivity (Wildman–Crippen MR) is 78.3 cm³/mol. The molecule has 0 saturated carbocycles. The molecule has 0 aliphatic carbocycles. The molecule has 1 rings (SSSR count). The summed E-state index contributed by atoms with van der Waals surface area (Å²) in [6, 6.07) is 6.36. The number of nitrogens with zero attached hydrogens (tertiary/aromatic N) is 1. The highest BCUT2D eigenvalue weighted by atomic mass is 35.5. The van der Waals surface area contributed by atoms with Crippen LogP contribution in [0.3, 0.4) is 0 Å². The highest BCUT2D eigenvalue weighted by Crippen LogP contribution is 2.32. The summed E-state index contributed by atoms with van der Waals surface area (Å²) in [5.41, 5.74) is 2.16. The van der Waals surface area contributed by atoms with Crippen molar-refractivity contribution in [3.05, 3.63) is 28.8 Å². The van der Waals surface area contributed by atoms with E-state index in [2.05, 4.69) is 32.7 Å². The van der Waals surface area contributed by atoms with Gasteiger partial charge in [-0.25, -0.2) is 0 Å². The van der Waals surface area contributed by atoms with Crippen molar-refractivity contribution in [2.75, 3.05) is 11.9 Å². The molecular formula is C14H21Cl2N. The third-order valence-electron chi connectivity index (χ3n) is 3.04. The molecule has 0 spiro atoms. The molecule has 17 heavy (non-hydrogen) atoms. The molecule has 0 bridgehead atoms. The van der Waals surface area contributed by atoms with Gasteiger partial charge in [0.25, 0.3) is 0 Å². The van der Waals surface area contributed by atoms with Gasteiger partial charge in [-0.15, -0.1) is 11.6 Å². The van der Waals surface area contributed by atoms with Crippen molar-refractivity contribution in [3.63, 3.8) is 0 Å². The summed E-state index contributed by atoms with van der Waals surface area (Å²) in [6.45, 7) is 6.69. The summed E-state index contributed by atoms with van der Waals surface area (Å²) in [4.78, 5) is 2.24. The molecule has 96 valence electrons. The lowest BCUT2D eigenvalue weighted by molar-refractivity contribution is 0.504. The van der Waals surface area contributed by atoms with Gasteiger partial charge in [0.1, 0.15) is 0 Å². The average molecular weight is 274 g/mol. The summed E-state index contributed by atoms with van der Waals surface area (Å²) in [7, 11) is 2.09. The van der Waals surface area contributed by atoms with Crippen molar-refractivity contribution in [2.24, 2.45) is 5.92 Å². The minimum atomic E-state index is 0.455.